The first-order valence-electron chi connectivity index (χ1n) is 10.4. The van der Waals surface area contributed by atoms with Crippen LogP contribution >= 0.6 is 0 Å². The Morgan fingerprint density at radius 3 is 2.79 bits per heavy atom. The molecule has 150 valence electrons. The Bertz CT molecular complexity index is 915. The van der Waals surface area contributed by atoms with Crippen molar-refractivity contribution in [2.24, 2.45) is 13.0 Å². The second kappa shape index (κ2) is 7.53. The molecule has 2 aromatic heterocycles. The topological polar surface area (TPSA) is 80.1 Å². The Kier molecular flexibility index (Phi) is 5.08. The predicted molar refractivity (Wildman–Crippen MR) is 107 cm³/mol. The normalized spacial score (nSPS) is 19.8. The van der Waals surface area contributed by atoms with E-state index in [0.717, 1.165) is 54.5 Å². The first kappa shape index (κ1) is 18.9. The van der Waals surface area contributed by atoms with Crippen molar-refractivity contribution in [3.8, 4) is 0 Å². The van der Waals surface area contributed by atoms with Crippen LogP contribution in [0.4, 0.5) is 0 Å². The van der Waals surface area contributed by atoms with Crippen LogP contribution in [0.25, 0.3) is 11.0 Å². The lowest BCUT2D eigenvalue weighted by molar-refractivity contribution is -0.126. The van der Waals surface area contributed by atoms with E-state index in [1.807, 2.05) is 31.9 Å². The van der Waals surface area contributed by atoms with Gasteiger partial charge in [-0.05, 0) is 45.1 Å². The third-order valence-corrected chi connectivity index (χ3v) is 5.84. The summed E-state index contributed by atoms with van der Waals surface area (Å²) in [5.41, 5.74) is 3.28. The number of nitrogens with zero attached hydrogens (tertiary/aromatic N) is 4. The van der Waals surface area contributed by atoms with Crippen molar-refractivity contribution in [2.75, 3.05) is 19.6 Å². The van der Waals surface area contributed by atoms with Crippen molar-refractivity contribution in [3.63, 3.8) is 0 Å². The summed E-state index contributed by atoms with van der Waals surface area (Å²) in [5, 5.41) is 8.31. The van der Waals surface area contributed by atoms with E-state index in [1.54, 1.807) is 4.68 Å². The van der Waals surface area contributed by atoms with Crippen LogP contribution in [0.2, 0.25) is 0 Å². The first-order valence-corrected chi connectivity index (χ1v) is 10.4. The molecule has 2 aromatic rings. The second-order valence-corrected chi connectivity index (χ2v) is 8.16. The quantitative estimate of drug-likeness (QED) is 0.860. The van der Waals surface area contributed by atoms with Gasteiger partial charge in [-0.25, -0.2) is 4.98 Å². The van der Waals surface area contributed by atoms with E-state index in [0.29, 0.717) is 31.1 Å². The van der Waals surface area contributed by atoms with Gasteiger partial charge in [-0.1, -0.05) is 6.92 Å². The summed E-state index contributed by atoms with van der Waals surface area (Å²) in [6.45, 7) is 5.83. The van der Waals surface area contributed by atoms with Gasteiger partial charge in [0, 0.05) is 38.3 Å². The third kappa shape index (κ3) is 3.50. The molecular weight excluding hydrogens is 354 g/mol. The highest BCUT2D eigenvalue weighted by Crippen LogP contribution is 2.40. The molecule has 2 amide bonds. The first-order chi connectivity index (χ1) is 13.5. The summed E-state index contributed by atoms with van der Waals surface area (Å²) < 4.78 is 1.77. The van der Waals surface area contributed by atoms with Crippen molar-refractivity contribution >= 4 is 22.8 Å². The van der Waals surface area contributed by atoms with Gasteiger partial charge in [0.2, 0.25) is 5.91 Å². The largest absolute Gasteiger partial charge is 0.356 e. The number of aryl methyl sites for hydroxylation is 2. The summed E-state index contributed by atoms with van der Waals surface area (Å²) in [4.78, 5) is 32.5. The number of likely N-dealkylation sites (tertiary alicyclic amines) is 1. The van der Waals surface area contributed by atoms with E-state index in [9.17, 15) is 9.59 Å². The Morgan fingerprint density at radius 1 is 1.29 bits per heavy atom. The molecule has 1 saturated heterocycles. The second-order valence-electron chi connectivity index (χ2n) is 8.16. The van der Waals surface area contributed by atoms with Gasteiger partial charge in [-0.15, -0.1) is 0 Å². The molecule has 2 fully saturated rings. The summed E-state index contributed by atoms with van der Waals surface area (Å²) in [6.07, 6.45) is 4.87. The lowest BCUT2D eigenvalue weighted by atomic mass is 9.96. The van der Waals surface area contributed by atoms with Gasteiger partial charge in [0.25, 0.3) is 5.91 Å². The maximum atomic E-state index is 13.5. The number of piperidine rings is 1. The fraction of sp³-hybridized carbons (Fsp3) is 0.619. The average Bonchev–Trinajstić information content (AvgIpc) is 3.51. The van der Waals surface area contributed by atoms with Gasteiger partial charge in [-0.3, -0.25) is 14.3 Å². The van der Waals surface area contributed by atoms with Gasteiger partial charge in [0.1, 0.15) is 0 Å². The minimum Gasteiger partial charge on any atom is -0.356 e. The molecule has 0 radical (unpaired) electrons. The summed E-state index contributed by atoms with van der Waals surface area (Å²) in [7, 11) is 1.88. The molecule has 1 aliphatic carbocycles. The summed E-state index contributed by atoms with van der Waals surface area (Å²) in [5.74, 6) is 0.397. The van der Waals surface area contributed by atoms with Gasteiger partial charge < -0.3 is 10.2 Å². The minimum atomic E-state index is -0.125. The van der Waals surface area contributed by atoms with Gasteiger partial charge >= 0.3 is 0 Å². The number of aromatic nitrogens is 3. The lowest BCUT2D eigenvalue weighted by Crippen LogP contribution is -2.45. The number of fused-ring (bicyclic) bond motifs is 1. The van der Waals surface area contributed by atoms with Crippen molar-refractivity contribution in [2.45, 2.75) is 51.9 Å². The highest BCUT2D eigenvalue weighted by atomic mass is 16.2. The zero-order valence-electron chi connectivity index (χ0n) is 17.0. The Labute approximate surface area is 165 Å². The number of hydrogen-bond donors (Lipinski definition) is 1. The van der Waals surface area contributed by atoms with Crippen LogP contribution in [-0.4, -0.2) is 51.1 Å². The summed E-state index contributed by atoms with van der Waals surface area (Å²) >= 11 is 0. The molecule has 7 nitrogen and oxygen atoms in total. The van der Waals surface area contributed by atoms with E-state index in [2.05, 4.69) is 10.4 Å². The monoisotopic (exact) mass is 383 g/mol. The molecule has 1 saturated carbocycles. The van der Waals surface area contributed by atoms with Crippen molar-refractivity contribution in [3.05, 3.63) is 23.0 Å². The molecule has 1 N–H and O–H groups in total. The maximum absolute atomic E-state index is 13.5. The van der Waals surface area contributed by atoms with Crippen molar-refractivity contribution < 1.29 is 9.59 Å². The molecule has 3 heterocycles. The molecule has 2 aliphatic rings. The SMILES string of the molecule is CCCNC(=O)C1CCCN(C(=O)c2cc(C3CC3)nc3c2c(C)nn3C)C1. The van der Waals surface area contributed by atoms with Crippen LogP contribution in [0.5, 0.6) is 0 Å². The summed E-state index contributed by atoms with van der Waals surface area (Å²) in [6, 6.07) is 1.97. The van der Waals surface area contributed by atoms with Gasteiger partial charge in [0.05, 0.1) is 22.6 Å². The fourth-order valence-electron chi connectivity index (χ4n) is 4.16. The van der Waals surface area contributed by atoms with E-state index in [4.69, 9.17) is 4.98 Å². The Morgan fingerprint density at radius 2 is 2.07 bits per heavy atom. The zero-order chi connectivity index (χ0) is 19.8. The molecule has 7 heteroatoms. The number of nitrogens with one attached hydrogen (secondary N) is 1. The molecule has 0 spiro atoms. The number of amides is 2. The molecule has 1 aliphatic heterocycles. The Balaban J connectivity index is 1.64. The van der Waals surface area contributed by atoms with Crippen LogP contribution in [0, 0.1) is 12.8 Å². The van der Waals surface area contributed by atoms with Crippen molar-refractivity contribution in [1.82, 2.24) is 25.0 Å². The van der Waals surface area contributed by atoms with Gasteiger partial charge in [-0.2, -0.15) is 5.10 Å². The minimum absolute atomic E-state index is 0.00149. The number of rotatable bonds is 5. The average molecular weight is 383 g/mol. The standard InChI is InChI=1S/C21H29N5O2/c1-4-9-22-20(27)15-6-5-10-26(12-15)21(28)16-11-17(14-7-8-14)23-19-18(16)13(2)24-25(19)3/h11,14-15H,4-10,12H2,1-3H3,(H,22,27). The van der Waals surface area contributed by atoms with Crippen LogP contribution in [0.1, 0.15) is 66.7 Å². The molecule has 1 atom stereocenters. The Hall–Kier alpha value is -2.44. The van der Waals surface area contributed by atoms with Crippen LogP contribution in [0.3, 0.4) is 0 Å². The molecule has 0 aromatic carbocycles. The fourth-order valence-corrected chi connectivity index (χ4v) is 4.16. The van der Waals surface area contributed by atoms with Gasteiger partial charge in [0.15, 0.2) is 5.65 Å². The molecular formula is C21H29N5O2. The highest BCUT2D eigenvalue weighted by molar-refractivity contribution is 6.06. The number of pyridine rings is 1. The maximum Gasteiger partial charge on any atom is 0.254 e. The lowest BCUT2D eigenvalue weighted by Gasteiger charge is -2.32. The van der Waals surface area contributed by atoms with Crippen molar-refractivity contribution in [1.29, 1.82) is 0 Å². The van der Waals surface area contributed by atoms with Crippen LogP contribution in [-0.2, 0) is 11.8 Å². The molecule has 4 rings (SSSR count). The highest BCUT2D eigenvalue weighted by Gasteiger charge is 2.32. The number of carbonyl (C=O) groups is 2. The van der Waals surface area contributed by atoms with Crippen LogP contribution in [0.15, 0.2) is 6.07 Å². The zero-order valence-corrected chi connectivity index (χ0v) is 17.0. The van der Waals surface area contributed by atoms with Crippen LogP contribution < -0.4 is 5.32 Å². The smallest absolute Gasteiger partial charge is 0.254 e. The molecule has 0 bridgehead atoms. The number of carbonyl (C=O) groups excluding carboxylic acids is 2. The van der Waals surface area contributed by atoms with E-state index < -0.39 is 0 Å². The van der Waals surface area contributed by atoms with E-state index in [1.165, 1.54) is 0 Å². The molecule has 1 unspecified atom stereocenters. The third-order valence-electron chi connectivity index (χ3n) is 5.84. The molecule has 28 heavy (non-hydrogen) atoms. The predicted octanol–water partition coefficient (Wildman–Crippen LogP) is 2.53. The van der Waals surface area contributed by atoms with E-state index in [-0.39, 0.29) is 17.7 Å². The van der Waals surface area contributed by atoms with E-state index >= 15 is 0 Å². The number of hydrogen-bond acceptors (Lipinski definition) is 4.